The van der Waals surface area contributed by atoms with Crippen molar-refractivity contribution in [3.8, 4) is 0 Å². The van der Waals surface area contributed by atoms with Gasteiger partial charge in [-0.2, -0.15) is 0 Å². The van der Waals surface area contributed by atoms with Crippen molar-refractivity contribution in [1.82, 2.24) is 15.4 Å². The Morgan fingerprint density at radius 3 is 2.56 bits per heavy atom. The molecule has 1 aliphatic heterocycles. The van der Waals surface area contributed by atoms with Gasteiger partial charge in [-0.15, -0.1) is 12.4 Å². The smallest absolute Gasteiger partial charge is 0.251 e. The van der Waals surface area contributed by atoms with Crippen LogP contribution in [0.4, 0.5) is 0 Å². The van der Waals surface area contributed by atoms with Crippen molar-refractivity contribution in [1.29, 1.82) is 0 Å². The van der Waals surface area contributed by atoms with Gasteiger partial charge in [0.2, 0.25) is 10.0 Å². The minimum absolute atomic E-state index is 0. The summed E-state index contributed by atoms with van der Waals surface area (Å²) >= 11 is 0. The van der Waals surface area contributed by atoms with Gasteiger partial charge in [-0.05, 0) is 57.1 Å². The van der Waals surface area contributed by atoms with E-state index in [-0.39, 0.29) is 35.9 Å². The first-order valence-electron chi connectivity index (χ1n) is 8.17. The average Bonchev–Trinajstić information content (AvgIpc) is 3.10. The number of halogens is 1. The molecule has 2 rings (SSSR count). The number of nitrogens with one attached hydrogen (secondary N) is 3. The highest BCUT2D eigenvalue weighted by molar-refractivity contribution is 7.89. The molecule has 0 aliphatic carbocycles. The van der Waals surface area contributed by atoms with Gasteiger partial charge in [-0.1, -0.05) is 0 Å². The second kappa shape index (κ2) is 10.7. The van der Waals surface area contributed by atoms with Gasteiger partial charge in [0.05, 0.1) is 11.0 Å². The summed E-state index contributed by atoms with van der Waals surface area (Å²) in [5.41, 5.74) is 0.442. The summed E-state index contributed by atoms with van der Waals surface area (Å²) in [5.74, 6) is -0.206. The second-order valence-corrected chi connectivity index (χ2v) is 7.49. The summed E-state index contributed by atoms with van der Waals surface area (Å²) in [6.45, 7) is 2.36. The third-order valence-electron chi connectivity index (χ3n) is 3.84. The zero-order chi connectivity index (χ0) is 17.4. The van der Waals surface area contributed by atoms with Gasteiger partial charge in [0.15, 0.2) is 0 Å². The van der Waals surface area contributed by atoms with E-state index in [0.717, 1.165) is 25.8 Å². The lowest BCUT2D eigenvalue weighted by atomic mass is 10.2. The third-order valence-corrected chi connectivity index (χ3v) is 5.28. The molecule has 1 amide bonds. The molecule has 142 valence electrons. The van der Waals surface area contributed by atoms with Crippen LogP contribution in [0.2, 0.25) is 0 Å². The summed E-state index contributed by atoms with van der Waals surface area (Å²) in [7, 11) is -1.73. The maximum Gasteiger partial charge on any atom is 0.251 e. The molecule has 1 atom stereocenters. The van der Waals surface area contributed by atoms with Gasteiger partial charge in [-0.3, -0.25) is 4.79 Å². The molecule has 25 heavy (non-hydrogen) atoms. The van der Waals surface area contributed by atoms with E-state index in [1.54, 1.807) is 0 Å². The monoisotopic (exact) mass is 391 g/mol. The number of carbonyl (C=O) groups excluding carboxylic acids is 1. The van der Waals surface area contributed by atoms with Crippen LogP contribution in [-0.2, 0) is 14.8 Å². The molecular formula is C16H26ClN3O4S. The molecule has 1 heterocycles. The normalized spacial score (nSPS) is 17.1. The Kier molecular flexibility index (Phi) is 9.37. The maximum atomic E-state index is 12.2. The SMILES string of the molecule is CNCCCNC(=O)c1ccc(S(=O)(=O)NCC2CCCO2)cc1.Cl. The van der Waals surface area contributed by atoms with Crippen LogP contribution < -0.4 is 15.4 Å². The van der Waals surface area contributed by atoms with Crippen molar-refractivity contribution in [3.63, 3.8) is 0 Å². The molecule has 0 spiro atoms. The van der Waals surface area contributed by atoms with Crippen LogP contribution in [0.1, 0.15) is 29.6 Å². The third kappa shape index (κ3) is 6.91. The molecule has 0 aromatic heterocycles. The van der Waals surface area contributed by atoms with Crippen molar-refractivity contribution in [2.45, 2.75) is 30.3 Å². The molecule has 1 fully saturated rings. The van der Waals surface area contributed by atoms with Crippen LogP contribution in [0, 0.1) is 0 Å². The van der Waals surface area contributed by atoms with E-state index in [0.29, 0.717) is 18.7 Å². The summed E-state index contributed by atoms with van der Waals surface area (Å²) in [6, 6.07) is 5.93. The second-order valence-electron chi connectivity index (χ2n) is 5.72. The van der Waals surface area contributed by atoms with Crippen LogP contribution in [-0.4, -0.2) is 53.7 Å². The number of ether oxygens (including phenoxy) is 1. The van der Waals surface area contributed by atoms with Gasteiger partial charge in [-0.25, -0.2) is 13.1 Å². The summed E-state index contributed by atoms with van der Waals surface area (Å²) in [4.78, 5) is 12.1. The molecule has 1 aromatic rings. The van der Waals surface area contributed by atoms with Crippen LogP contribution in [0.5, 0.6) is 0 Å². The van der Waals surface area contributed by atoms with Gasteiger partial charge < -0.3 is 15.4 Å². The van der Waals surface area contributed by atoms with Crippen molar-refractivity contribution in [3.05, 3.63) is 29.8 Å². The van der Waals surface area contributed by atoms with Crippen molar-refractivity contribution < 1.29 is 17.9 Å². The van der Waals surface area contributed by atoms with E-state index >= 15 is 0 Å². The Bertz CT molecular complexity index is 631. The van der Waals surface area contributed by atoms with Crippen LogP contribution in [0.3, 0.4) is 0 Å². The number of benzene rings is 1. The largest absolute Gasteiger partial charge is 0.377 e. The van der Waals surface area contributed by atoms with Gasteiger partial charge in [0.1, 0.15) is 0 Å². The van der Waals surface area contributed by atoms with Gasteiger partial charge in [0.25, 0.3) is 5.91 Å². The number of hydrogen-bond acceptors (Lipinski definition) is 5. The van der Waals surface area contributed by atoms with E-state index in [2.05, 4.69) is 15.4 Å². The van der Waals surface area contributed by atoms with Crippen molar-refractivity contribution in [2.75, 3.05) is 33.3 Å². The highest BCUT2D eigenvalue weighted by Gasteiger charge is 2.20. The Morgan fingerprint density at radius 1 is 1.24 bits per heavy atom. The van der Waals surface area contributed by atoms with E-state index < -0.39 is 10.0 Å². The molecule has 0 bridgehead atoms. The molecule has 1 aliphatic rings. The lowest BCUT2D eigenvalue weighted by molar-refractivity contribution is 0.0953. The van der Waals surface area contributed by atoms with Gasteiger partial charge in [0, 0.05) is 25.3 Å². The number of rotatable bonds is 9. The van der Waals surface area contributed by atoms with Crippen LogP contribution >= 0.6 is 12.4 Å². The fourth-order valence-electron chi connectivity index (χ4n) is 2.45. The first-order chi connectivity index (χ1) is 11.5. The summed E-state index contributed by atoms with van der Waals surface area (Å²) in [5, 5.41) is 5.80. The minimum atomic E-state index is -3.58. The summed E-state index contributed by atoms with van der Waals surface area (Å²) < 4.78 is 32.4. The number of amides is 1. The molecule has 0 saturated carbocycles. The first-order valence-corrected chi connectivity index (χ1v) is 9.65. The Hall–Kier alpha value is -1.19. The first kappa shape index (κ1) is 21.9. The highest BCUT2D eigenvalue weighted by Crippen LogP contribution is 2.14. The number of sulfonamides is 1. The molecule has 0 radical (unpaired) electrons. The predicted molar refractivity (Wildman–Crippen MR) is 98.7 cm³/mol. The predicted octanol–water partition coefficient (Wildman–Crippen LogP) is 0.905. The molecule has 1 unspecified atom stereocenters. The molecule has 1 aromatic carbocycles. The average molecular weight is 392 g/mol. The Balaban J connectivity index is 0.00000312. The number of carbonyl (C=O) groups is 1. The lowest BCUT2D eigenvalue weighted by Gasteiger charge is -2.11. The van der Waals surface area contributed by atoms with E-state index in [9.17, 15) is 13.2 Å². The standard InChI is InChI=1S/C16H25N3O4S.ClH/c1-17-9-3-10-18-16(20)13-5-7-15(8-6-13)24(21,22)19-12-14-4-2-11-23-14;/h5-8,14,17,19H,2-4,9-12H2,1H3,(H,18,20);1H. The molecular weight excluding hydrogens is 366 g/mol. The zero-order valence-corrected chi connectivity index (χ0v) is 15.9. The molecule has 1 saturated heterocycles. The van der Waals surface area contributed by atoms with Gasteiger partial charge >= 0.3 is 0 Å². The van der Waals surface area contributed by atoms with Crippen LogP contribution in [0.25, 0.3) is 0 Å². The Labute approximate surface area is 155 Å². The van der Waals surface area contributed by atoms with Crippen molar-refractivity contribution >= 4 is 28.3 Å². The molecule has 7 nitrogen and oxygen atoms in total. The molecule has 9 heteroatoms. The van der Waals surface area contributed by atoms with E-state index in [1.807, 2.05) is 7.05 Å². The van der Waals surface area contributed by atoms with E-state index in [1.165, 1.54) is 24.3 Å². The zero-order valence-electron chi connectivity index (χ0n) is 14.3. The topological polar surface area (TPSA) is 96.5 Å². The Morgan fingerprint density at radius 2 is 1.96 bits per heavy atom. The fraction of sp³-hybridized carbons (Fsp3) is 0.562. The highest BCUT2D eigenvalue weighted by atomic mass is 35.5. The lowest BCUT2D eigenvalue weighted by Crippen LogP contribution is -2.32. The quantitative estimate of drug-likeness (QED) is 0.543. The molecule has 3 N–H and O–H groups in total. The van der Waals surface area contributed by atoms with E-state index in [4.69, 9.17) is 4.74 Å². The van der Waals surface area contributed by atoms with Crippen molar-refractivity contribution in [2.24, 2.45) is 0 Å². The van der Waals surface area contributed by atoms with Crippen LogP contribution in [0.15, 0.2) is 29.2 Å². The minimum Gasteiger partial charge on any atom is -0.377 e. The fourth-order valence-corrected chi connectivity index (χ4v) is 3.51. The summed E-state index contributed by atoms with van der Waals surface area (Å²) in [6.07, 6.45) is 2.61. The number of hydrogen-bond donors (Lipinski definition) is 3. The maximum absolute atomic E-state index is 12.2.